The Morgan fingerprint density at radius 2 is 1.56 bits per heavy atom. The molecule has 0 amide bonds. The third-order valence-electron chi connectivity index (χ3n) is 3.78. The highest BCUT2D eigenvalue weighted by atomic mass is 16.7. The number of carbonyl (C=O) groups is 1. The summed E-state index contributed by atoms with van der Waals surface area (Å²) in [6.07, 6.45) is 3.21. The van der Waals surface area contributed by atoms with Crippen LogP contribution in [0, 0.1) is 11.3 Å². The highest BCUT2D eigenvalue weighted by Crippen LogP contribution is 2.39. The number of hydrogen-bond acceptors (Lipinski definition) is 3. The minimum atomic E-state index is -0.462. The Kier molecular flexibility index (Phi) is 3.10. The third-order valence-corrected chi connectivity index (χ3v) is 3.78. The topological polar surface area (TPSA) is 35.5 Å². The smallest absolute Gasteiger partial charge is 0.168 e. The first kappa shape index (κ1) is 12.1. The number of Topliss-reactive ketones (excluding diaryl/α,β-unsaturated/α-hetero) is 1. The molecule has 1 saturated heterocycles. The van der Waals surface area contributed by atoms with Gasteiger partial charge >= 0.3 is 0 Å². The van der Waals surface area contributed by atoms with E-state index in [1.165, 1.54) is 0 Å². The van der Waals surface area contributed by atoms with Crippen LogP contribution in [0.2, 0.25) is 0 Å². The van der Waals surface area contributed by atoms with E-state index in [9.17, 15) is 4.79 Å². The predicted octanol–water partition coefficient (Wildman–Crippen LogP) is 2.53. The molecular formula is C13H22O3. The SMILES string of the molecule is CC1(C)COC(C)(C2CCC(=O)CC2)OC1. The number of hydrogen-bond donors (Lipinski definition) is 0. The molecular weight excluding hydrogens is 204 g/mol. The highest BCUT2D eigenvalue weighted by molar-refractivity contribution is 5.79. The zero-order valence-corrected chi connectivity index (χ0v) is 10.5. The highest BCUT2D eigenvalue weighted by Gasteiger charge is 2.43. The molecule has 2 fully saturated rings. The van der Waals surface area contributed by atoms with Gasteiger partial charge < -0.3 is 9.47 Å². The monoisotopic (exact) mass is 226 g/mol. The second kappa shape index (κ2) is 4.11. The van der Waals surface area contributed by atoms with Crippen LogP contribution in [-0.4, -0.2) is 24.8 Å². The fourth-order valence-electron chi connectivity index (χ4n) is 2.46. The summed E-state index contributed by atoms with van der Waals surface area (Å²) in [5.41, 5.74) is 0.115. The first-order chi connectivity index (χ1) is 7.41. The summed E-state index contributed by atoms with van der Waals surface area (Å²) in [5, 5.41) is 0. The average Bonchev–Trinajstić information content (AvgIpc) is 2.24. The lowest BCUT2D eigenvalue weighted by molar-refractivity contribution is -0.315. The predicted molar refractivity (Wildman–Crippen MR) is 61.1 cm³/mol. The van der Waals surface area contributed by atoms with Crippen LogP contribution in [0.1, 0.15) is 46.5 Å². The minimum Gasteiger partial charge on any atom is -0.349 e. The van der Waals surface area contributed by atoms with Crippen LogP contribution in [-0.2, 0) is 14.3 Å². The summed E-state index contributed by atoms with van der Waals surface area (Å²) in [6, 6.07) is 0. The maximum Gasteiger partial charge on any atom is 0.168 e. The number of ether oxygens (including phenoxy) is 2. The first-order valence-corrected chi connectivity index (χ1v) is 6.21. The molecule has 16 heavy (non-hydrogen) atoms. The van der Waals surface area contributed by atoms with E-state index < -0.39 is 5.79 Å². The normalized spacial score (nSPS) is 30.3. The largest absolute Gasteiger partial charge is 0.349 e. The summed E-state index contributed by atoms with van der Waals surface area (Å²) < 4.78 is 11.8. The molecule has 0 aromatic heterocycles. The number of rotatable bonds is 1. The molecule has 2 rings (SSSR count). The molecule has 1 saturated carbocycles. The Hall–Kier alpha value is -0.410. The molecule has 0 aromatic rings. The van der Waals surface area contributed by atoms with Gasteiger partial charge in [-0.05, 0) is 19.8 Å². The van der Waals surface area contributed by atoms with Crippen molar-refractivity contribution in [3.8, 4) is 0 Å². The van der Waals surface area contributed by atoms with Crippen LogP contribution < -0.4 is 0 Å². The van der Waals surface area contributed by atoms with Gasteiger partial charge in [0.2, 0.25) is 0 Å². The van der Waals surface area contributed by atoms with Crippen molar-refractivity contribution in [2.45, 2.75) is 52.2 Å². The lowest BCUT2D eigenvalue weighted by Crippen LogP contribution is -2.50. The van der Waals surface area contributed by atoms with E-state index in [0.29, 0.717) is 24.5 Å². The molecule has 0 unspecified atom stereocenters. The molecule has 3 nitrogen and oxygen atoms in total. The second-order valence-electron chi connectivity index (χ2n) is 6.07. The Balaban J connectivity index is 1.96. The van der Waals surface area contributed by atoms with E-state index >= 15 is 0 Å². The quantitative estimate of drug-likeness (QED) is 0.689. The number of carbonyl (C=O) groups excluding carboxylic acids is 1. The standard InChI is InChI=1S/C13H22O3/c1-12(2)8-15-13(3,16-9-12)10-4-6-11(14)7-5-10/h10H,4-9H2,1-3H3. The van der Waals surface area contributed by atoms with Gasteiger partial charge in [0.15, 0.2) is 5.79 Å². The van der Waals surface area contributed by atoms with Crippen LogP contribution >= 0.6 is 0 Å². The third kappa shape index (κ3) is 2.46. The van der Waals surface area contributed by atoms with Gasteiger partial charge in [0, 0.05) is 24.2 Å². The Morgan fingerprint density at radius 1 is 1.06 bits per heavy atom. The molecule has 0 N–H and O–H groups in total. The van der Waals surface area contributed by atoms with Gasteiger partial charge in [-0.15, -0.1) is 0 Å². The van der Waals surface area contributed by atoms with Crippen molar-refractivity contribution < 1.29 is 14.3 Å². The fraction of sp³-hybridized carbons (Fsp3) is 0.923. The van der Waals surface area contributed by atoms with Crippen molar-refractivity contribution in [1.82, 2.24) is 0 Å². The van der Waals surface area contributed by atoms with Gasteiger partial charge in [0.1, 0.15) is 5.78 Å². The van der Waals surface area contributed by atoms with E-state index in [-0.39, 0.29) is 5.41 Å². The Bertz CT molecular complexity index is 263. The van der Waals surface area contributed by atoms with Crippen molar-refractivity contribution in [2.75, 3.05) is 13.2 Å². The molecule has 92 valence electrons. The molecule has 0 spiro atoms. The van der Waals surface area contributed by atoms with Gasteiger partial charge in [-0.3, -0.25) is 4.79 Å². The summed E-state index contributed by atoms with van der Waals surface area (Å²) in [4.78, 5) is 11.2. The molecule has 1 heterocycles. The molecule has 1 aliphatic heterocycles. The average molecular weight is 226 g/mol. The Labute approximate surface area is 97.5 Å². The minimum absolute atomic E-state index is 0.115. The van der Waals surface area contributed by atoms with Crippen LogP contribution in [0.3, 0.4) is 0 Å². The Morgan fingerprint density at radius 3 is 2.06 bits per heavy atom. The first-order valence-electron chi connectivity index (χ1n) is 6.21. The van der Waals surface area contributed by atoms with E-state index in [0.717, 1.165) is 26.1 Å². The van der Waals surface area contributed by atoms with Gasteiger partial charge in [-0.2, -0.15) is 0 Å². The van der Waals surface area contributed by atoms with Crippen molar-refractivity contribution in [3.63, 3.8) is 0 Å². The fourth-order valence-corrected chi connectivity index (χ4v) is 2.46. The van der Waals surface area contributed by atoms with Crippen LogP contribution in [0.4, 0.5) is 0 Å². The molecule has 0 aromatic carbocycles. The van der Waals surface area contributed by atoms with Crippen LogP contribution in [0.5, 0.6) is 0 Å². The van der Waals surface area contributed by atoms with Gasteiger partial charge in [0.05, 0.1) is 13.2 Å². The van der Waals surface area contributed by atoms with Crippen molar-refractivity contribution >= 4 is 5.78 Å². The zero-order valence-electron chi connectivity index (χ0n) is 10.5. The maximum atomic E-state index is 11.2. The molecule has 3 heteroatoms. The van der Waals surface area contributed by atoms with Crippen LogP contribution in [0.25, 0.3) is 0 Å². The molecule has 0 bridgehead atoms. The summed E-state index contributed by atoms with van der Waals surface area (Å²) in [5.74, 6) is 0.299. The molecule has 1 aliphatic carbocycles. The van der Waals surface area contributed by atoms with Crippen molar-refractivity contribution in [2.24, 2.45) is 11.3 Å². The van der Waals surface area contributed by atoms with E-state index in [4.69, 9.17) is 9.47 Å². The van der Waals surface area contributed by atoms with E-state index in [1.807, 2.05) is 6.92 Å². The second-order valence-corrected chi connectivity index (χ2v) is 6.07. The molecule has 2 aliphatic rings. The zero-order chi connectivity index (χ0) is 11.8. The number of ketones is 1. The lowest BCUT2D eigenvalue weighted by atomic mass is 9.82. The van der Waals surface area contributed by atoms with Crippen LogP contribution in [0.15, 0.2) is 0 Å². The van der Waals surface area contributed by atoms with Gasteiger partial charge in [-0.1, -0.05) is 13.8 Å². The summed E-state index contributed by atoms with van der Waals surface area (Å²) in [6.45, 7) is 7.82. The lowest BCUT2D eigenvalue weighted by Gasteiger charge is -2.46. The molecule has 0 atom stereocenters. The maximum absolute atomic E-state index is 11.2. The van der Waals surface area contributed by atoms with Gasteiger partial charge in [0.25, 0.3) is 0 Å². The molecule has 0 radical (unpaired) electrons. The van der Waals surface area contributed by atoms with Crippen molar-refractivity contribution in [3.05, 3.63) is 0 Å². The van der Waals surface area contributed by atoms with E-state index in [2.05, 4.69) is 13.8 Å². The summed E-state index contributed by atoms with van der Waals surface area (Å²) in [7, 11) is 0. The van der Waals surface area contributed by atoms with Gasteiger partial charge in [-0.25, -0.2) is 0 Å². The van der Waals surface area contributed by atoms with E-state index in [1.54, 1.807) is 0 Å². The van der Waals surface area contributed by atoms with Crippen molar-refractivity contribution in [1.29, 1.82) is 0 Å². The summed E-state index contributed by atoms with van der Waals surface area (Å²) >= 11 is 0.